The Kier molecular flexibility index (Phi) is 6.89. The van der Waals surface area contributed by atoms with Gasteiger partial charge in [-0.3, -0.25) is 0 Å². The lowest BCUT2D eigenvalue weighted by Gasteiger charge is -2.13. The number of aromatic nitrogens is 5. The van der Waals surface area contributed by atoms with E-state index in [9.17, 15) is 0 Å². The first-order chi connectivity index (χ1) is 32.2. The minimum Gasteiger partial charge on any atom is -0.309 e. The molecule has 0 saturated heterocycles. The highest BCUT2D eigenvalue weighted by molar-refractivity contribution is 6.35. The van der Waals surface area contributed by atoms with Crippen molar-refractivity contribution in [2.24, 2.45) is 0 Å². The number of fused-ring (bicyclic) bond motifs is 15. The monoisotopic (exact) mass is 825 g/mol. The fraction of sp³-hybridized carbons (Fsp3) is 0. The average Bonchev–Trinajstić information content (AvgIpc) is 4.09. The third-order valence-electron chi connectivity index (χ3n) is 13.9. The Hall–Kier alpha value is -8.80. The maximum Gasteiger partial charge on any atom is 0.0973 e. The van der Waals surface area contributed by atoms with E-state index in [1.54, 1.807) is 0 Å². The van der Waals surface area contributed by atoms with Crippen LogP contribution in [0.2, 0.25) is 0 Å². The molecule has 0 unspecified atom stereocenters. The standard InChI is InChI=1S/C60H35N5/c1-2-16-40(17-3-1)63-51-23-11-6-18-42(51)45-33-39(28-31-54(45)63)58-57(61-49-21-9-10-22-50(49)62-58)36-26-29-41(30-27-36)64-52-24-12-7-19-43(52)46-35-47-44-20-8-13-25-53(44)65-55-34-38-15-5-4-14-37(38)32-48(55)56(59(46)64)60(47)65/h1-35H. The van der Waals surface area contributed by atoms with Crippen LogP contribution < -0.4 is 0 Å². The fourth-order valence-electron chi connectivity index (χ4n) is 11.1. The highest BCUT2D eigenvalue weighted by Crippen LogP contribution is 2.47. The molecule has 0 aliphatic rings. The molecule has 65 heavy (non-hydrogen) atoms. The Balaban J connectivity index is 0.966. The number of rotatable bonds is 4. The van der Waals surface area contributed by atoms with Crippen molar-refractivity contribution in [1.29, 1.82) is 0 Å². The molecule has 0 N–H and O–H groups in total. The largest absolute Gasteiger partial charge is 0.309 e. The van der Waals surface area contributed by atoms with Crippen molar-refractivity contribution in [1.82, 2.24) is 23.5 Å². The van der Waals surface area contributed by atoms with Crippen LogP contribution in [-0.2, 0) is 0 Å². The third-order valence-corrected chi connectivity index (χ3v) is 13.9. The van der Waals surface area contributed by atoms with Crippen LogP contribution in [0.1, 0.15) is 0 Å². The van der Waals surface area contributed by atoms with Gasteiger partial charge in [0, 0.05) is 65.6 Å². The van der Waals surface area contributed by atoms with Crippen molar-refractivity contribution in [2.45, 2.75) is 0 Å². The predicted octanol–water partition coefficient (Wildman–Crippen LogP) is 15.5. The van der Waals surface area contributed by atoms with Crippen LogP contribution in [0.15, 0.2) is 212 Å². The highest BCUT2D eigenvalue weighted by Gasteiger charge is 2.25. The molecule has 5 heterocycles. The van der Waals surface area contributed by atoms with E-state index in [0.717, 1.165) is 50.4 Å². The first-order valence-electron chi connectivity index (χ1n) is 22.2. The maximum atomic E-state index is 5.37. The van der Waals surface area contributed by atoms with E-state index in [1.165, 1.54) is 87.0 Å². The van der Waals surface area contributed by atoms with Crippen LogP contribution >= 0.6 is 0 Å². The molecule has 0 saturated carbocycles. The molecule has 0 fully saturated rings. The van der Waals surface area contributed by atoms with Gasteiger partial charge in [-0.25, -0.2) is 9.97 Å². The normalized spacial score (nSPS) is 12.3. The predicted molar refractivity (Wildman–Crippen MR) is 271 cm³/mol. The Morgan fingerprint density at radius 2 is 0.815 bits per heavy atom. The van der Waals surface area contributed by atoms with Crippen LogP contribution in [0.3, 0.4) is 0 Å². The van der Waals surface area contributed by atoms with Crippen LogP contribution in [-0.4, -0.2) is 23.5 Å². The number of hydrogen-bond donors (Lipinski definition) is 0. The number of benzene rings is 10. The zero-order chi connectivity index (χ0) is 42.3. The SMILES string of the molecule is c1ccc(-n2c3ccccc3c3cc(-c4nc5ccccc5nc4-c4ccc(-n5c6ccccc6c6cc7c8ccccc8n8c9cc%10ccccc%10cc9c(c65)c78)cc4)ccc32)cc1. The van der Waals surface area contributed by atoms with Crippen molar-refractivity contribution < 1.29 is 0 Å². The van der Waals surface area contributed by atoms with E-state index in [0.29, 0.717) is 0 Å². The highest BCUT2D eigenvalue weighted by atomic mass is 15.0. The van der Waals surface area contributed by atoms with Crippen LogP contribution in [0.4, 0.5) is 0 Å². The summed E-state index contributed by atoms with van der Waals surface area (Å²) in [6.07, 6.45) is 0. The lowest BCUT2D eigenvalue weighted by Crippen LogP contribution is -1.97. The van der Waals surface area contributed by atoms with Crippen molar-refractivity contribution in [2.75, 3.05) is 0 Å². The second-order valence-electron chi connectivity index (χ2n) is 17.3. The van der Waals surface area contributed by atoms with E-state index in [4.69, 9.17) is 9.97 Å². The molecule has 0 aliphatic heterocycles. The zero-order valence-corrected chi connectivity index (χ0v) is 34.9. The molecule has 0 radical (unpaired) electrons. The van der Waals surface area contributed by atoms with Crippen LogP contribution in [0.5, 0.6) is 0 Å². The summed E-state index contributed by atoms with van der Waals surface area (Å²) in [4.78, 5) is 10.7. The molecule has 5 aromatic heterocycles. The van der Waals surface area contributed by atoms with Crippen molar-refractivity contribution in [3.63, 3.8) is 0 Å². The van der Waals surface area contributed by atoms with Crippen LogP contribution in [0.25, 0.3) is 137 Å². The van der Waals surface area contributed by atoms with E-state index >= 15 is 0 Å². The summed E-state index contributed by atoms with van der Waals surface area (Å²) in [6.45, 7) is 0. The Labute approximate surface area is 371 Å². The van der Waals surface area contributed by atoms with Gasteiger partial charge in [-0.05, 0) is 95.7 Å². The molecular formula is C60H35N5. The first-order valence-corrected chi connectivity index (χ1v) is 22.2. The maximum absolute atomic E-state index is 5.37. The summed E-state index contributed by atoms with van der Waals surface area (Å²) >= 11 is 0. The number of para-hydroxylation sites is 6. The Morgan fingerprint density at radius 3 is 1.55 bits per heavy atom. The summed E-state index contributed by atoms with van der Waals surface area (Å²) in [5, 5.41) is 12.5. The molecule has 0 atom stereocenters. The molecule has 300 valence electrons. The summed E-state index contributed by atoms with van der Waals surface area (Å²) in [7, 11) is 0. The Morgan fingerprint density at radius 1 is 0.292 bits per heavy atom. The van der Waals surface area contributed by atoms with E-state index in [1.807, 2.05) is 12.1 Å². The van der Waals surface area contributed by atoms with Gasteiger partial charge in [0.15, 0.2) is 0 Å². The minimum absolute atomic E-state index is 0.856. The quantitative estimate of drug-likeness (QED) is 0.177. The molecule has 15 aromatic rings. The fourth-order valence-corrected chi connectivity index (χ4v) is 11.1. The van der Waals surface area contributed by atoms with Gasteiger partial charge >= 0.3 is 0 Å². The number of hydrogen-bond acceptors (Lipinski definition) is 2. The molecule has 5 heteroatoms. The van der Waals surface area contributed by atoms with Gasteiger partial charge in [0.25, 0.3) is 0 Å². The topological polar surface area (TPSA) is 40.0 Å². The van der Waals surface area contributed by atoms with Gasteiger partial charge in [-0.1, -0.05) is 127 Å². The van der Waals surface area contributed by atoms with Crippen molar-refractivity contribution in [3.8, 4) is 33.9 Å². The second kappa shape index (κ2) is 12.9. The van der Waals surface area contributed by atoms with Gasteiger partial charge in [-0.15, -0.1) is 0 Å². The minimum atomic E-state index is 0.856. The van der Waals surface area contributed by atoms with Crippen molar-refractivity contribution in [3.05, 3.63) is 212 Å². The first kappa shape index (κ1) is 34.7. The summed E-state index contributed by atoms with van der Waals surface area (Å²) < 4.78 is 7.34. The lowest BCUT2D eigenvalue weighted by molar-refractivity contribution is 1.18. The third kappa shape index (κ3) is 4.76. The van der Waals surface area contributed by atoms with Gasteiger partial charge in [0.2, 0.25) is 0 Å². The van der Waals surface area contributed by atoms with Gasteiger partial charge in [-0.2, -0.15) is 0 Å². The molecule has 5 nitrogen and oxygen atoms in total. The Bertz CT molecular complexity index is 4460. The lowest BCUT2D eigenvalue weighted by atomic mass is 10.0. The second-order valence-corrected chi connectivity index (χ2v) is 17.3. The molecular weight excluding hydrogens is 791 g/mol. The molecule has 0 spiro atoms. The zero-order valence-electron chi connectivity index (χ0n) is 34.9. The van der Waals surface area contributed by atoms with Gasteiger partial charge in [0.05, 0.1) is 61.0 Å². The van der Waals surface area contributed by atoms with E-state index in [-0.39, 0.29) is 0 Å². The van der Waals surface area contributed by atoms with E-state index < -0.39 is 0 Å². The molecule has 15 rings (SSSR count). The molecule has 0 bridgehead atoms. The van der Waals surface area contributed by atoms with Crippen LogP contribution in [0, 0.1) is 0 Å². The van der Waals surface area contributed by atoms with Crippen molar-refractivity contribution >= 4 is 104 Å². The van der Waals surface area contributed by atoms with Gasteiger partial charge < -0.3 is 13.5 Å². The average molecular weight is 826 g/mol. The number of nitrogens with zero attached hydrogens (tertiary/aromatic N) is 5. The van der Waals surface area contributed by atoms with Gasteiger partial charge in [0.1, 0.15) is 0 Å². The summed E-state index contributed by atoms with van der Waals surface area (Å²) in [5.74, 6) is 0. The van der Waals surface area contributed by atoms with E-state index in [2.05, 4.69) is 214 Å². The molecule has 0 aliphatic carbocycles. The molecule has 0 amide bonds. The molecule has 10 aromatic carbocycles. The summed E-state index contributed by atoms with van der Waals surface area (Å²) in [5.41, 5.74) is 16.2. The smallest absolute Gasteiger partial charge is 0.0973 e. The summed E-state index contributed by atoms with van der Waals surface area (Å²) in [6, 6.07) is 76.9.